The summed E-state index contributed by atoms with van der Waals surface area (Å²) >= 11 is 0. The van der Waals surface area contributed by atoms with Crippen molar-refractivity contribution in [3.63, 3.8) is 0 Å². The number of ether oxygens (including phenoxy) is 2. The molecule has 0 spiro atoms. The monoisotopic (exact) mass is 476 g/mol. The Morgan fingerprint density at radius 2 is 1.07 bits per heavy atom. The molecule has 0 amide bonds. The highest BCUT2D eigenvalue weighted by atomic mass is 19.4. The van der Waals surface area contributed by atoms with Crippen LogP contribution in [-0.4, -0.2) is 53.8 Å². The molecule has 1 heterocycles. The van der Waals surface area contributed by atoms with Crippen molar-refractivity contribution >= 4 is 6.04 Å². The Morgan fingerprint density at radius 1 is 0.690 bits per heavy atom. The smallest absolute Gasteiger partial charge is 0.286 e. The number of carbonyl (C=O) groups is 1. The zero-order valence-electron chi connectivity index (χ0n) is 12.2. The van der Waals surface area contributed by atoms with E-state index < -0.39 is 53.8 Å². The zero-order valence-corrected chi connectivity index (χ0v) is 12.2. The van der Waals surface area contributed by atoms with E-state index in [1.807, 2.05) is 0 Å². The molecule has 1 aliphatic rings. The summed E-state index contributed by atoms with van der Waals surface area (Å²) in [6.07, 6.45) is -30.3. The van der Waals surface area contributed by atoms with Crippen LogP contribution in [0.3, 0.4) is 0 Å². The lowest BCUT2D eigenvalue weighted by Crippen LogP contribution is -2.84. The SMILES string of the molecule is O=C(F)C(OF)(C(F)(F)F)C1(F)OC(F)(C(F)(F)F)C(F)(F)OC1(F)C(F)(F)F. The first-order chi connectivity index (χ1) is 12.4. The fourth-order valence-electron chi connectivity index (χ4n) is 1.93. The number of hydrogen-bond acceptors (Lipinski definition) is 4. The van der Waals surface area contributed by atoms with Crippen LogP contribution in [0.1, 0.15) is 0 Å². The highest BCUT2D eigenvalue weighted by Crippen LogP contribution is 2.66. The molecule has 0 saturated carbocycles. The Hall–Kier alpha value is -1.57. The molecule has 4 nitrogen and oxygen atoms in total. The first-order valence-electron chi connectivity index (χ1n) is 5.96. The average molecular weight is 476 g/mol. The van der Waals surface area contributed by atoms with Crippen LogP contribution in [0.2, 0.25) is 0 Å². The molecule has 0 aromatic carbocycles. The Bertz CT molecular complexity index is 669. The molecule has 1 saturated heterocycles. The number of rotatable bonds is 3. The molecule has 4 unspecified atom stereocenters. The van der Waals surface area contributed by atoms with Gasteiger partial charge >= 0.3 is 53.8 Å². The Balaban J connectivity index is 4.15. The Morgan fingerprint density at radius 3 is 1.31 bits per heavy atom. The van der Waals surface area contributed by atoms with Gasteiger partial charge in [0.05, 0.1) is 0 Å². The lowest BCUT2D eigenvalue weighted by atomic mass is 9.85. The molecule has 0 N–H and O–H groups in total. The van der Waals surface area contributed by atoms with Crippen LogP contribution in [0, 0.1) is 0 Å². The van der Waals surface area contributed by atoms with Gasteiger partial charge in [0.1, 0.15) is 0 Å². The maximum atomic E-state index is 14.5. The van der Waals surface area contributed by atoms with Crippen molar-refractivity contribution in [2.24, 2.45) is 0 Å². The highest BCUT2D eigenvalue weighted by Gasteiger charge is 2.98. The van der Waals surface area contributed by atoms with Gasteiger partial charge in [-0.3, -0.25) is 14.3 Å². The van der Waals surface area contributed by atoms with Gasteiger partial charge in [-0.1, -0.05) is 0 Å². The topological polar surface area (TPSA) is 44.8 Å². The third-order valence-corrected chi connectivity index (χ3v) is 3.31. The maximum Gasteiger partial charge on any atom is 0.458 e. The minimum Gasteiger partial charge on any atom is -0.286 e. The molecule has 4 atom stereocenters. The first kappa shape index (κ1) is 25.5. The van der Waals surface area contributed by atoms with Crippen molar-refractivity contribution in [2.75, 3.05) is 0 Å². The Kier molecular flexibility index (Phi) is 5.46. The second kappa shape index (κ2) is 6.22. The standard InChI is InChI=1S/C9F16O4/c10-1(26)2(29-25,6(14,15)16)3(11)4(12,7(17,18)19)28-9(23,24)5(13,27-3)8(20,21)22. The van der Waals surface area contributed by atoms with Crippen molar-refractivity contribution in [2.45, 2.75) is 47.8 Å². The third kappa shape index (κ3) is 2.93. The Labute approximate surface area is 145 Å². The van der Waals surface area contributed by atoms with Gasteiger partial charge in [-0.25, -0.2) is 4.39 Å². The largest absolute Gasteiger partial charge is 0.458 e. The highest BCUT2D eigenvalue weighted by molar-refractivity contribution is 5.81. The summed E-state index contributed by atoms with van der Waals surface area (Å²) in [4.78, 5) is 11.8. The van der Waals surface area contributed by atoms with Gasteiger partial charge in [-0.2, -0.15) is 66.4 Å². The van der Waals surface area contributed by atoms with Gasteiger partial charge in [0.2, 0.25) is 0 Å². The second-order valence-corrected chi connectivity index (χ2v) is 5.03. The van der Waals surface area contributed by atoms with Crippen molar-refractivity contribution < 1.29 is 89.6 Å². The summed E-state index contributed by atoms with van der Waals surface area (Å²) < 4.78 is 211. The second-order valence-electron chi connectivity index (χ2n) is 5.03. The van der Waals surface area contributed by atoms with Crippen molar-refractivity contribution in [3.05, 3.63) is 0 Å². The summed E-state index contributed by atoms with van der Waals surface area (Å²) in [5, 5.41) is 0. The quantitative estimate of drug-likeness (QED) is 0.447. The van der Waals surface area contributed by atoms with E-state index in [-0.39, 0.29) is 0 Å². The minimum absolute atomic E-state index is 1.32. The van der Waals surface area contributed by atoms with Crippen LogP contribution in [0.15, 0.2) is 0 Å². The predicted molar refractivity (Wildman–Crippen MR) is 47.8 cm³/mol. The molecule has 0 bridgehead atoms. The van der Waals surface area contributed by atoms with Crippen LogP contribution in [0.4, 0.5) is 70.4 Å². The van der Waals surface area contributed by atoms with Crippen LogP contribution >= 0.6 is 0 Å². The molecular weight excluding hydrogens is 476 g/mol. The molecule has 0 radical (unpaired) electrons. The van der Waals surface area contributed by atoms with Gasteiger partial charge < -0.3 is 0 Å². The van der Waals surface area contributed by atoms with Crippen LogP contribution in [0.25, 0.3) is 0 Å². The molecule has 1 rings (SSSR count). The predicted octanol–water partition coefficient (Wildman–Crippen LogP) is 4.45. The molecular formula is C9F16O4. The third-order valence-electron chi connectivity index (χ3n) is 3.31. The van der Waals surface area contributed by atoms with Gasteiger partial charge in [-0.05, 0) is 4.53 Å². The van der Waals surface area contributed by atoms with E-state index in [9.17, 15) is 75.2 Å². The molecule has 29 heavy (non-hydrogen) atoms. The van der Waals surface area contributed by atoms with Crippen molar-refractivity contribution in [3.8, 4) is 0 Å². The molecule has 1 aliphatic heterocycles. The van der Waals surface area contributed by atoms with Gasteiger partial charge in [0.15, 0.2) is 0 Å². The lowest BCUT2D eigenvalue weighted by Gasteiger charge is -2.53. The van der Waals surface area contributed by atoms with Crippen LogP contribution in [0.5, 0.6) is 0 Å². The fraction of sp³-hybridized carbons (Fsp3) is 0.889. The summed E-state index contributed by atoms with van der Waals surface area (Å²) in [5.41, 5.74) is -7.39. The van der Waals surface area contributed by atoms with E-state index in [2.05, 4.69) is 0 Å². The zero-order chi connectivity index (χ0) is 23.7. The van der Waals surface area contributed by atoms with E-state index in [1.54, 1.807) is 9.47 Å². The molecule has 0 aromatic rings. The number of hydrogen-bond donors (Lipinski definition) is 0. The van der Waals surface area contributed by atoms with E-state index in [1.165, 1.54) is 4.94 Å². The van der Waals surface area contributed by atoms with Gasteiger partial charge in [-0.15, -0.1) is 0 Å². The molecule has 172 valence electrons. The lowest BCUT2D eigenvalue weighted by molar-refractivity contribution is -0.622. The van der Waals surface area contributed by atoms with Crippen LogP contribution in [-0.2, 0) is 19.2 Å². The summed E-state index contributed by atoms with van der Waals surface area (Å²) in [6.45, 7) is 0. The average Bonchev–Trinajstić information content (AvgIpc) is 2.41. The molecule has 1 fully saturated rings. The summed E-state index contributed by atoms with van der Waals surface area (Å²) in [5.74, 6) is -22.9. The van der Waals surface area contributed by atoms with E-state index in [4.69, 9.17) is 0 Å². The number of alkyl halides is 14. The normalized spacial score (nSPS) is 35.9. The van der Waals surface area contributed by atoms with E-state index in [0.29, 0.717) is 0 Å². The van der Waals surface area contributed by atoms with Crippen molar-refractivity contribution in [1.29, 1.82) is 0 Å². The molecule has 20 heteroatoms. The molecule has 0 aliphatic carbocycles. The summed E-state index contributed by atoms with van der Waals surface area (Å²) in [6, 6.07) is -4.94. The maximum absolute atomic E-state index is 14.5. The summed E-state index contributed by atoms with van der Waals surface area (Å²) in [7, 11) is 0. The molecule has 0 aromatic heterocycles. The van der Waals surface area contributed by atoms with Crippen LogP contribution < -0.4 is 0 Å². The number of halogens is 16. The minimum atomic E-state index is -7.80. The van der Waals surface area contributed by atoms with Crippen molar-refractivity contribution in [1.82, 2.24) is 0 Å². The van der Waals surface area contributed by atoms with Gasteiger partial charge in [0.25, 0.3) is 0 Å². The first-order valence-corrected chi connectivity index (χ1v) is 5.96. The number of carbonyl (C=O) groups excluding carboxylic acids is 1. The van der Waals surface area contributed by atoms with E-state index in [0.717, 1.165) is 0 Å². The van der Waals surface area contributed by atoms with Gasteiger partial charge in [0, 0.05) is 0 Å². The fourth-order valence-corrected chi connectivity index (χ4v) is 1.93. The van der Waals surface area contributed by atoms with E-state index >= 15 is 0 Å².